The van der Waals surface area contributed by atoms with Gasteiger partial charge in [-0.25, -0.2) is 0 Å². The van der Waals surface area contributed by atoms with Gasteiger partial charge in [-0.2, -0.15) is 17.0 Å². The van der Waals surface area contributed by atoms with Gasteiger partial charge in [0.25, 0.3) is 10.2 Å². The summed E-state index contributed by atoms with van der Waals surface area (Å²) in [7, 11) is -3.55. The maximum Gasteiger partial charge on any atom is 0.282 e. The summed E-state index contributed by atoms with van der Waals surface area (Å²) >= 11 is 6.26. The Hall–Kier alpha value is -1.72. The van der Waals surface area contributed by atoms with Crippen LogP contribution in [-0.4, -0.2) is 66.1 Å². The number of hydrogen-bond acceptors (Lipinski definition) is 5. The highest BCUT2D eigenvalue weighted by molar-refractivity contribution is 7.86. The molecule has 4 aliphatic rings. The van der Waals surface area contributed by atoms with E-state index >= 15 is 0 Å². The fourth-order valence-corrected chi connectivity index (χ4v) is 8.20. The fraction of sp³-hybridized carbons (Fsp3) is 0.619. The second kappa shape index (κ2) is 7.95. The van der Waals surface area contributed by atoms with Crippen molar-refractivity contribution < 1.29 is 18.0 Å². The molecule has 2 atom stereocenters. The minimum Gasteiger partial charge on any atom is -0.366 e. The first-order chi connectivity index (χ1) is 15.2. The number of benzene rings is 1. The van der Waals surface area contributed by atoms with Crippen LogP contribution >= 0.6 is 11.6 Å². The van der Waals surface area contributed by atoms with Crippen molar-refractivity contribution in [3.8, 4) is 0 Å². The van der Waals surface area contributed by atoms with E-state index in [0.717, 1.165) is 18.4 Å². The number of nitrogens with two attached hydrogens (primary N) is 2. The minimum absolute atomic E-state index is 0.0524. The van der Waals surface area contributed by atoms with Gasteiger partial charge in [-0.3, -0.25) is 9.59 Å². The van der Waals surface area contributed by atoms with Gasteiger partial charge in [-0.15, -0.1) is 0 Å². The molecule has 174 valence electrons. The molecule has 0 aromatic heterocycles. The molecule has 2 bridgehead atoms. The van der Waals surface area contributed by atoms with Gasteiger partial charge in [0, 0.05) is 42.9 Å². The predicted molar refractivity (Wildman–Crippen MR) is 121 cm³/mol. The third-order valence-electron chi connectivity index (χ3n) is 7.40. The van der Waals surface area contributed by atoms with Crippen molar-refractivity contribution in [2.24, 2.45) is 11.5 Å². The van der Waals surface area contributed by atoms with E-state index in [1.54, 1.807) is 25.6 Å². The molecule has 4 aliphatic heterocycles. The summed E-state index contributed by atoms with van der Waals surface area (Å²) in [6.45, 7) is 0.920. The average molecular weight is 482 g/mol. The van der Waals surface area contributed by atoms with Gasteiger partial charge in [0.05, 0.1) is 17.0 Å². The zero-order chi connectivity index (χ0) is 22.8. The molecule has 5 rings (SSSR count). The van der Waals surface area contributed by atoms with E-state index < -0.39 is 16.1 Å². The Morgan fingerprint density at radius 2 is 1.66 bits per heavy atom. The summed E-state index contributed by atoms with van der Waals surface area (Å²) in [5.74, 6) is -0.678. The molecule has 1 aromatic rings. The summed E-state index contributed by atoms with van der Waals surface area (Å²) in [5, 5.41) is 0.224. The van der Waals surface area contributed by atoms with Gasteiger partial charge in [-0.1, -0.05) is 11.6 Å². The lowest BCUT2D eigenvalue weighted by molar-refractivity contribution is -0.118. The summed E-state index contributed by atoms with van der Waals surface area (Å²) in [4.78, 5) is 26.3. The number of amides is 2. The quantitative estimate of drug-likeness (QED) is 0.662. The van der Waals surface area contributed by atoms with Crippen molar-refractivity contribution in [1.82, 2.24) is 8.61 Å². The number of carbonyl (C=O) groups is 2. The molecule has 0 spiro atoms. The second-order valence-corrected chi connectivity index (χ2v) is 11.6. The van der Waals surface area contributed by atoms with Crippen molar-refractivity contribution in [3.63, 3.8) is 0 Å². The fourth-order valence-electron chi connectivity index (χ4n) is 5.88. The highest BCUT2D eigenvalue weighted by Crippen LogP contribution is 2.44. The Morgan fingerprint density at radius 1 is 1.03 bits per heavy atom. The number of rotatable bonds is 4. The molecule has 2 unspecified atom stereocenters. The van der Waals surface area contributed by atoms with Gasteiger partial charge < -0.3 is 16.4 Å². The lowest BCUT2D eigenvalue weighted by Crippen LogP contribution is -2.57. The molecule has 3 saturated heterocycles. The predicted octanol–water partition coefficient (Wildman–Crippen LogP) is 0.991. The highest BCUT2D eigenvalue weighted by Gasteiger charge is 2.51. The number of hydrogen-bond donors (Lipinski definition) is 2. The standard InChI is InChI=1S/C21H28ClN5O4S/c22-18-11-19-12(7-17(18)21(24)29)8-20(28)26(19)16-9-14-1-2-15(10-16)27(14)32(30,31)25-5-3-13(23)4-6-25/h7,11,13-16H,1-6,8-10,23H2,(H2,24,29). The first-order valence-electron chi connectivity index (χ1n) is 11.1. The Labute approximate surface area is 192 Å². The van der Waals surface area contributed by atoms with Crippen molar-refractivity contribution >= 4 is 39.3 Å². The SMILES string of the molecule is NC(=O)c1cc2c(cc1Cl)N(C1CC3CCC(C1)N3S(=O)(=O)N1CCC(N)CC1)C(=O)C2. The molecule has 0 saturated carbocycles. The zero-order valence-electron chi connectivity index (χ0n) is 17.7. The largest absolute Gasteiger partial charge is 0.366 e. The maximum atomic E-state index is 13.4. The number of carbonyl (C=O) groups excluding carboxylic acids is 2. The van der Waals surface area contributed by atoms with Gasteiger partial charge in [0.15, 0.2) is 0 Å². The van der Waals surface area contributed by atoms with Crippen LogP contribution in [0.4, 0.5) is 5.69 Å². The Morgan fingerprint density at radius 3 is 2.25 bits per heavy atom. The molecule has 0 aliphatic carbocycles. The van der Waals surface area contributed by atoms with Gasteiger partial charge in [0.1, 0.15) is 0 Å². The van der Waals surface area contributed by atoms with Crippen LogP contribution < -0.4 is 16.4 Å². The molecule has 4 heterocycles. The van der Waals surface area contributed by atoms with Gasteiger partial charge in [0.2, 0.25) is 11.8 Å². The summed E-state index contributed by atoms with van der Waals surface area (Å²) in [5.41, 5.74) is 13.0. The topological polar surface area (TPSA) is 130 Å². The van der Waals surface area contributed by atoms with Gasteiger partial charge >= 0.3 is 0 Å². The highest BCUT2D eigenvalue weighted by atomic mass is 35.5. The van der Waals surface area contributed by atoms with E-state index in [1.807, 2.05) is 0 Å². The van der Waals surface area contributed by atoms with Crippen LogP contribution in [0, 0.1) is 0 Å². The van der Waals surface area contributed by atoms with E-state index in [0.29, 0.717) is 44.5 Å². The molecular weight excluding hydrogens is 454 g/mol. The van der Waals surface area contributed by atoms with Crippen LogP contribution in [0.15, 0.2) is 12.1 Å². The molecule has 1 aromatic carbocycles. The van der Waals surface area contributed by atoms with Crippen LogP contribution in [-0.2, 0) is 21.4 Å². The molecule has 4 N–H and O–H groups in total. The number of piperidine rings is 2. The first kappa shape index (κ1) is 22.1. The van der Waals surface area contributed by atoms with Gasteiger partial charge in [-0.05, 0) is 56.2 Å². The molecule has 0 radical (unpaired) electrons. The monoisotopic (exact) mass is 481 g/mol. The first-order valence-corrected chi connectivity index (χ1v) is 12.9. The van der Waals surface area contributed by atoms with E-state index in [2.05, 4.69) is 0 Å². The zero-order valence-corrected chi connectivity index (χ0v) is 19.3. The maximum absolute atomic E-state index is 13.4. The van der Waals surface area contributed by atoms with Crippen molar-refractivity contribution in [2.45, 2.75) is 69.1 Å². The number of fused-ring (bicyclic) bond motifs is 3. The van der Waals surface area contributed by atoms with Crippen LogP contribution in [0.3, 0.4) is 0 Å². The third-order valence-corrected chi connectivity index (χ3v) is 9.86. The van der Waals surface area contributed by atoms with Crippen LogP contribution in [0.1, 0.15) is 54.4 Å². The molecule has 3 fully saturated rings. The number of anilines is 1. The summed E-state index contributed by atoms with van der Waals surface area (Å²) in [6, 6.07) is 2.95. The Kier molecular flexibility index (Phi) is 5.49. The van der Waals surface area contributed by atoms with E-state index in [1.165, 1.54) is 0 Å². The minimum atomic E-state index is -3.55. The molecular formula is C21H28ClN5O4S. The molecule has 2 amide bonds. The van der Waals surface area contributed by atoms with Crippen molar-refractivity contribution in [3.05, 3.63) is 28.3 Å². The van der Waals surface area contributed by atoms with Crippen LogP contribution in [0.25, 0.3) is 0 Å². The third kappa shape index (κ3) is 3.52. The smallest absolute Gasteiger partial charge is 0.282 e. The van der Waals surface area contributed by atoms with E-state index in [4.69, 9.17) is 23.1 Å². The number of primary amides is 1. The van der Waals surface area contributed by atoms with Crippen LogP contribution in [0.5, 0.6) is 0 Å². The lowest BCUT2D eigenvalue weighted by atomic mass is 9.97. The lowest BCUT2D eigenvalue weighted by Gasteiger charge is -2.43. The summed E-state index contributed by atoms with van der Waals surface area (Å²) in [6.07, 6.45) is 4.31. The number of nitrogens with zero attached hydrogens (tertiary/aromatic N) is 3. The normalized spacial score (nSPS) is 29.5. The van der Waals surface area contributed by atoms with Crippen LogP contribution in [0.2, 0.25) is 5.02 Å². The van der Waals surface area contributed by atoms with Crippen molar-refractivity contribution in [1.29, 1.82) is 0 Å². The van der Waals surface area contributed by atoms with Crippen molar-refractivity contribution in [2.75, 3.05) is 18.0 Å². The molecule has 11 heteroatoms. The molecule has 9 nitrogen and oxygen atoms in total. The van der Waals surface area contributed by atoms with E-state index in [9.17, 15) is 18.0 Å². The number of halogens is 1. The Bertz CT molecular complexity index is 1060. The average Bonchev–Trinajstić information content (AvgIpc) is 3.20. The second-order valence-electron chi connectivity index (χ2n) is 9.35. The van der Waals surface area contributed by atoms with E-state index in [-0.39, 0.29) is 47.1 Å². The molecule has 32 heavy (non-hydrogen) atoms. The summed E-state index contributed by atoms with van der Waals surface area (Å²) < 4.78 is 30.1. The Balaban J connectivity index is 1.38.